The van der Waals surface area contributed by atoms with E-state index in [9.17, 15) is 5.11 Å². The van der Waals surface area contributed by atoms with Crippen molar-refractivity contribution in [3.05, 3.63) is 11.7 Å². The molecule has 0 amide bonds. The third kappa shape index (κ3) is 4.72. The van der Waals surface area contributed by atoms with Crippen molar-refractivity contribution in [2.45, 2.75) is 38.7 Å². The van der Waals surface area contributed by atoms with Gasteiger partial charge in [0, 0.05) is 13.5 Å². The van der Waals surface area contributed by atoms with Gasteiger partial charge in [-0.1, -0.05) is 19.0 Å². The number of methoxy groups -OCH3 is 1. The first-order valence-corrected chi connectivity index (χ1v) is 6.26. The number of hydrogen-bond acceptors (Lipinski definition) is 6. The van der Waals surface area contributed by atoms with Gasteiger partial charge in [-0.3, -0.25) is 0 Å². The summed E-state index contributed by atoms with van der Waals surface area (Å²) in [6, 6.07) is 0. The van der Waals surface area contributed by atoms with Crippen LogP contribution in [0.2, 0.25) is 0 Å². The molecule has 0 fully saturated rings. The van der Waals surface area contributed by atoms with E-state index in [0.29, 0.717) is 44.4 Å². The number of aromatic nitrogens is 2. The van der Waals surface area contributed by atoms with Crippen molar-refractivity contribution in [3.63, 3.8) is 0 Å². The Morgan fingerprint density at radius 3 is 2.78 bits per heavy atom. The Balaban J connectivity index is 2.34. The highest BCUT2D eigenvalue weighted by atomic mass is 16.5. The lowest BCUT2D eigenvalue weighted by Gasteiger charge is -2.11. The average Bonchev–Trinajstić information content (AvgIpc) is 2.85. The van der Waals surface area contributed by atoms with Crippen molar-refractivity contribution in [3.8, 4) is 0 Å². The lowest BCUT2D eigenvalue weighted by Crippen LogP contribution is -2.14. The average molecular weight is 258 g/mol. The highest BCUT2D eigenvalue weighted by molar-refractivity contribution is 4.95. The van der Waals surface area contributed by atoms with Crippen LogP contribution in [0.25, 0.3) is 0 Å². The van der Waals surface area contributed by atoms with Crippen molar-refractivity contribution in [2.75, 3.05) is 26.9 Å². The monoisotopic (exact) mass is 258 g/mol. The number of ether oxygens (including phenoxy) is 2. The number of aliphatic hydroxyl groups is 1. The molecule has 2 unspecified atom stereocenters. The molecule has 6 nitrogen and oxygen atoms in total. The summed E-state index contributed by atoms with van der Waals surface area (Å²) < 4.78 is 15.3. The summed E-state index contributed by atoms with van der Waals surface area (Å²) in [6.07, 6.45) is 0.817. The molecule has 2 atom stereocenters. The number of rotatable bonds is 9. The predicted molar refractivity (Wildman–Crippen MR) is 65.4 cm³/mol. The van der Waals surface area contributed by atoms with E-state index >= 15 is 0 Å². The van der Waals surface area contributed by atoms with Gasteiger partial charge < -0.3 is 19.1 Å². The Labute approximate surface area is 107 Å². The van der Waals surface area contributed by atoms with E-state index in [2.05, 4.69) is 10.1 Å². The Morgan fingerprint density at radius 2 is 2.11 bits per heavy atom. The van der Waals surface area contributed by atoms with Crippen LogP contribution >= 0.6 is 0 Å². The topological polar surface area (TPSA) is 77.6 Å². The Bertz CT molecular complexity index is 330. The van der Waals surface area contributed by atoms with Gasteiger partial charge in [-0.2, -0.15) is 4.98 Å². The first-order valence-electron chi connectivity index (χ1n) is 6.26. The van der Waals surface area contributed by atoms with Crippen LogP contribution in [0.15, 0.2) is 4.52 Å². The minimum Gasteiger partial charge on any atom is -0.392 e. The molecule has 6 heteroatoms. The molecule has 0 aliphatic heterocycles. The highest BCUT2D eigenvalue weighted by Crippen LogP contribution is 2.19. The van der Waals surface area contributed by atoms with E-state index in [1.807, 2.05) is 13.8 Å². The molecule has 1 aromatic heterocycles. The van der Waals surface area contributed by atoms with E-state index in [1.165, 1.54) is 0 Å². The molecule has 0 spiro atoms. The van der Waals surface area contributed by atoms with Crippen molar-refractivity contribution in [2.24, 2.45) is 0 Å². The molecule has 1 heterocycles. The summed E-state index contributed by atoms with van der Waals surface area (Å²) in [6.45, 7) is 5.47. The lowest BCUT2D eigenvalue weighted by atomic mass is 10.0. The molecule has 0 aromatic carbocycles. The van der Waals surface area contributed by atoms with Gasteiger partial charge in [0.2, 0.25) is 5.89 Å². The quantitative estimate of drug-likeness (QED) is 0.669. The van der Waals surface area contributed by atoms with Crippen LogP contribution in [0, 0.1) is 0 Å². The van der Waals surface area contributed by atoms with Gasteiger partial charge in [-0.15, -0.1) is 0 Å². The summed E-state index contributed by atoms with van der Waals surface area (Å²) in [5, 5.41) is 13.6. The Hall–Kier alpha value is -0.980. The second kappa shape index (κ2) is 8.18. The Kier molecular flexibility index (Phi) is 6.85. The highest BCUT2D eigenvalue weighted by Gasteiger charge is 2.20. The fourth-order valence-corrected chi connectivity index (χ4v) is 1.48. The molecule has 0 aliphatic carbocycles. The summed E-state index contributed by atoms with van der Waals surface area (Å²) in [7, 11) is 1.63. The van der Waals surface area contributed by atoms with E-state index in [1.54, 1.807) is 7.11 Å². The molecular formula is C12H22N2O4. The second-order valence-corrected chi connectivity index (χ2v) is 4.17. The van der Waals surface area contributed by atoms with Crippen LogP contribution in [0.1, 0.15) is 37.9 Å². The molecule has 1 rings (SSSR count). The van der Waals surface area contributed by atoms with E-state index in [-0.39, 0.29) is 5.92 Å². The summed E-state index contributed by atoms with van der Waals surface area (Å²) in [5.41, 5.74) is 0. The van der Waals surface area contributed by atoms with Crippen LogP contribution in [0.5, 0.6) is 0 Å². The maximum Gasteiger partial charge on any atom is 0.232 e. The molecule has 1 N–H and O–H groups in total. The smallest absolute Gasteiger partial charge is 0.232 e. The second-order valence-electron chi connectivity index (χ2n) is 4.17. The lowest BCUT2D eigenvalue weighted by molar-refractivity contribution is 0.0714. The first-order chi connectivity index (χ1) is 8.69. The fraction of sp³-hybridized carbons (Fsp3) is 0.833. The molecule has 104 valence electrons. The minimum absolute atomic E-state index is 0.134. The molecule has 1 aromatic rings. The van der Waals surface area contributed by atoms with Gasteiger partial charge in [-0.05, 0) is 6.42 Å². The van der Waals surface area contributed by atoms with Gasteiger partial charge >= 0.3 is 0 Å². The van der Waals surface area contributed by atoms with Crippen molar-refractivity contribution in [1.82, 2.24) is 10.1 Å². The molecule has 0 aliphatic rings. The number of hydrogen-bond donors (Lipinski definition) is 1. The molecule has 0 bridgehead atoms. The minimum atomic E-state index is -0.448. The van der Waals surface area contributed by atoms with Crippen LogP contribution in [0.3, 0.4) is 0 Å². The van der Waals surface area contributed by atoms with Crippen LogP contribution in [0.4, 0.5) is 0 Å². The van der Waals surface area contributed by atoms with Crippen LogP contribution < -0.4 is 0 Å². The van der Waals surface area contributed by atoms with Crippen LogP contribution in [-0.2, 0) is 15.9 Å². The number of nitrogens with zero attached hydrogens (tertiary/aromatic N) is 2. The molecule has 0 radical (unpaired) electrons. The molecule has 18 heavy (non-hydrogen) atoms. The van der Waals surface area contributed by atoms with Gasteiger partial charge in [0.05, 0.1) is 31.8 Å². The van der Waals surface area contributed by atoms with E-state index in [0.717, 1.165) is 0 Å². The summed E-state index contributed by atoms with van der Waals surface area (Å²) in [4.78, 5) is 4.25. The van der Waals surface area contributed by atoms with Gasteiger partial charge in [-0.25, -0.2) is 0 Å². The summed E-state index contributed by atoms with van der Waals surface area (Å²) in [5.74, 6) is 0.958. The summed E-state index contributed by atoms with van der Waals surface area (Å²) >= 11 is 0. The standard InChI is InChI=1S/C12H22N2O4/c1-4-10(15)9(2)12-13-11(14-18-12)5-6-17-8-7-16-3/h9-10,15H,4-8H2,1-3H3. The third-order valence-corrected chi connectivity index (χ3v) is 2.77. The van der Waals surface area contributed by atoms with Crippen molar-refractivity contribution < 1.29 is 19.1 Å². The largest absolute Gasteiger partial charge is 0.392 e. The molecule has 0 saturated carbocycles. The van der Waals surface area contributed by atoms with Gasteiger partial charge in [0.15, 0.2) is 5.82 Å². The zero-order valence-corrected chi connectivity index (χ0v) is 11.3. The van der Waals surface area contributed by atoms with Gasteiger partial charge in [0.25, 0.3) is 0 Å². The number of aliphatic hydroxyl groups excluding tert-OH is 1. The van der Waals surface area contributed by atoms with E-state index in [4.69, 9.17) is 14.0 Å². The normalized spacial score (nSPS) is 14.7. The first kappa shape index (κ1) is 15.1. The van der Waals surface area contributed by atoms with Crippen LogP contribution in [-0.4, -0.2) is 48.3 Å². The van der Waals surface area contributed by atoms with Crippen molar-refractivity contribution >= 4 is 0 Å². The van der Waals surface area contributed by atoms with E-state index < -0.39 is 6.10 Å². The molecule has 0 saturated heterocycles. The predicted octanol–water partition coefficient (Wildman–Crippen LogP) is 1.15. The maximum atomic E-state index is 9.70. The Morgan fingerprint density at radius 1 is 1.33 bits per heavy atom. The maximum absolute atomic E-state index is 9.70. The van der Waals surface area contributed by atoms with Crippen molar-refractivity contribution in [1.29, 1.82) is 0 Å². The zero-order chi connectivity index (χ0) is 13.4. The fourth-order valence-electron chi connectivity index (χ4n) is 1.48. The third-order valence-electron chi connectivity index (χ3n) is 2.77. The van der Waals surface area contributed by atoms with Gasteiger partial charge in [0.1, 0.15) is 0 Å². The zero-order valence-electron chi connectivity index (χ0n) is 11.3. The molecular weight excluding hydrogens is 236 g/mol. The SMILES string of the molecule is CCC(O)C(C)c1nc(CCOCCOC)no1.